The molecule has 1 fully saturated rings. The minimum Gasteiger partial charge on any atom is -0.489 e. The Kier molecular flexibility index (Phi) is 6.06. The molecule has 1 aromatic heterocycles. The van der Waals surface area contributed by atoms with Crippen molar-refractivity contribution in [2.45, 2.75) is 24.5 Å². The standard InChI is InChI=1S/C22H21FN2O5S/c23-17-8-6-16(7-9-17)15-29-19-5-3-4-18(14-19)24-22(26)20-10-11-21(30-20)31(27,28)25-12-1-2-13-25/h3-11,14H,1-2,12-13,15H2,(H,24,26). The van der Waals surface area contributed by atoms with Gasteiger partial charge in [-0.1, -0.05) is 18.2 Å². The Hall–Kier alpha value is -3.17. The van der Waals surface area contributed by atoms with Crippen LogP contribution in [0, 0.1) is 5.82 Å². The van der Waals surface area contributed by atoms with Crippen LogP contribution in [0.2, 0.25) is 0 Å². The Bertz CT molecular complexity index is 1170. The molecule has 31 heavy (non-hydrogen) atoms. The van der Waals surface area contributed by atoms with Crippen LogP contribution in [0.15, 0.2) is 70.2 Å². The van der Waals surface area contributed by atoms with Crippen LogP contribution in [0.5, 0.6) is 5.75 Å². The highest BCUT2D eigenvalue weighted by atomic mass is 32.2. The fourth-order valence-electron chi connectivity index (χ4n) is 3.24. The molecule has 3 aromatic rings. The molecule has 0 spiro atoms. The first-order valence-corrected chi connectivity index (χ1v) is 11.2. The monoisotopic (exact) mass is 444 g/mol. The first-order valence-electron chi connectivity index (χ1n) is 9.80. The summed E-state index contributed by atoms with van der Waals surface area (Å²) in [5, 5.41) is 2.43. The van der Waals surface area contributed by atoms with E-state index in [1.54, 1.807) is 36.4 Å². The van der Waals surface area contributed by atoms with Crippen molar-refractivity contribution in [1.29, 1.82) is 0 Å². The normalized spacial score (nSPS) is 14.5. The fraction of sp³-hybridized carbons (Fsp3) is 0.227. The van der Waals surface area contributed by atoms with Crippen molar-refractivity contribution in [3.05, 3.63) is 77.8 Å². The van der Waals surface area contributed by atoms with Gasteiger partial charge in [0.05, 0.1) is 0 Å². The Morgan fingerprint density at radius 1 is 1.06 bits per heavy atom. The van der Waals surface area contributed by atoms with Gasteiger partial charge in [-0.2, -0.15) is 4.31 Å². The van der Waals surface area contributed by atoms with E-state index in [4.69, 9.17) is 9.15 Å². The van der Waals surface area contributed by atoms with Crippen molar-refractivity contribution in [3.63, 3.8) is 0 Å². The van der Waals surface area contributed by atoms with Gasteiger partial charge in [0.1, 0.15) is 18.2 Å². The molecule has 0 atom stereocenters. The van der Waals surface area contributed by atoms with Gasteiger partial charge in [-0.05, 0) is 54.8 Å². The Morgan fingerprint density at radius 3 is 2.55 bits per heavy atom. The minimum atomic E-state index is -3.72. The van der Waals surface area contributed by atoms with E-state index in [1.807, 2.05) is 0 Å². The summed E-state index contributed by atoms with van der Waals surface area (Å²) < 4.78 is 50.4. The number of carbonyl (C=O) groups excluding carboxylic acids is 1. The summed E-state index contributed by atoms with van der Waals surface area (Å²) in [7, 11) is -3.72. The SMILES string of the molecule is O=C(Nc1cccc(OCc2ccc(F)cc2)c1)c1ccc(S(=O)(=O)N2CCCC2)o1. The molecule has 0 radical (unpaired) electrons. The summed E-state index contributed by atoms with van der Waals surface area (Å²) in [5.74, 6) is -0.476. The second kappa shape index (κ2) is 8.91. The summed E-state index contributed by atoms with van der Waals surface area (Å²) in [6, 6.07) is 15.4. The first-order chi connectivity index (χ1) is 14.9. The number of nitrogens with zero attached hydrogens (tertiary/aromatic N) is 1. The van der Waals surface area contributed by atoms with Gasteiger partial charge in [0.15, 0.2) is 5.76 Å². The molecule has 1 saturated heterocycles. The van der Waals surface area contributed by atoms with Crippen LogP contribution in [-0.4, -0.2) is 31.7 Å². The number of hydrogen-bond acceptors (Lipinski definition) is 5. The average Bonchev–Trinajstić information content (AvgIpc) is 3.46. The number of furan rings is 1. The van der Waals surface area contributed by atoms with Crippen LogP contribution < -0.4 is 10.1 Å². The van der Waals surface area contributed by atoms with Gasteiger partial charge in [-0.25, -0.2) is 12.8 Å². The maximum Gasteiger partial charge on any atom is 0.291 e. The predicted molar refractivity (Wildman–Crippen MR) is 112 cm³/mol. The molecular formula is C22H21FN2O5S. The minimum absolute atomic E-state index is 0.101. The Labute approximate surface area is 179 Å². The van der Waals surface area contributed by atoms with Crippen LogP contribution in [0.3, 0.4) is 0 Å². The lowest BCUT2D eigenvalue weighted by molar-refractivity contribution is 0.0991. The van der Waals surface area contributed by atoms with Crippen LogP contribution in [-0.2, 0) is 16.6 Å². The van der Waals surface area contributed by atoms with E-state index in [2.05, 4.69) is 5.32 Å². The number of rotatable bonds is 7. The molecule has 1 amide bonds. The number of amides is 1. The van der Waals surface area contributed by atoms with E-state index < -0.39 is 15.9 Å². The largest absolute Gasteiger partial charge is 0.489 e. The smallest absolute Gasteiger partial charge is 0.291 e. The third kappa shape index (κ3) is 4.95. The lowest BCUT2D eigenvalue weighted by Gasteiger charge is -2.12. The number of halogens is 1. The van der Waals surface area contributed by atoms with Gasteiger partial charge in [-0.15, -0.1) is 0 Å². The van der Waals surface area contributed by atoms with Gasteiger partial charge < -0.3 is 14.5 Å². The summed E-state index contributed by atoms with van der Waals surface area (Å²) >= 11 is 0. The van der Waals surface area contributed by atoms with Crippen molar-refractivity contribution < 1.29 is 26.8 Å². The Balaban J connectivity index is 1.40. The molecular weight excluding hydrogens is 423 g/mol. The topological polar surface area (TPSA) is 88.8 Å². The average molecular weight is 444 g/mol. The highest BCUT2D eigenvalue weighted by Gasteiger charge is 2.30. The van der Waals surface area contributed by atoms with Crippen LogP contribution in [0.25, 0.3) is 0 Å². The molecule has 1 aliphatic heterocycles. The van der Waals surface area contributed by atoms with Crippen LogP contribution in [0.4, 0.5) is 10.1 Å². The van der Waals surface area contributed by atoms with E-state index in [0.29, 0.717) is 24.5 Å². The van der Waals surface area contributed by atoms with Gasteiger partial charge in [-0.3, -0.25) is 4.79 Å². The number of sulfonamides is 1. The van der Waals surface area contributed by atoms with Crippen molar-refractivity contribution in [2.24, 2.45) is 0 Å². The molecule has 4 rings (SSSR count). The highest BCUT2D eigenvalue weighted by Crippen LogP contribution is 2.24. The number of benzene rings is 2. The summed E-state index contributed by atoms with van der Waals surface area (Å²) in [6.07, 6.45) is 1.62. The lowest BCUT2D eigenvalue weighted by Crippen LogP contribution is -2.27. The van der Waals surface area contributed by atoms with Crippen molar-refractivity contribution in [1.82, 2.24) is 4.31 Å². The third-order valence-electron chi connectivity index (χ3n) is 4.87. The van der Waals surface area contributed by atoms with Crippen molar-refractivity contribution >= 4 is 21.6 Å². The van der Waals surface area contributed by atoms with E-state index in [1.165, 1.54) is 28.6 Å². The van der Waals surface area contributed by atoms with Gasteiger partial charge >= 0.3 is 0 Å². The lowest BCUT2D eigenvalue weighted by atomic mass is 10.2. The number of nitrogens with one attached hydrogen (secondary N) is 1. The fourth-order valence-corrected chi connectivity index (χ4v) is 4.67. The van der Waals surface area contributed by atoms with Gasteiger partial charge in [0, 0.05) is 24.8 Å². The van der Waals surface area contributed by atoms with Crippen molar-refractivity contribution in [3.8, 4) is 5.75 Å². The third-order valence-corrected chi connectivity index (χ3v) is 6.65. The molecule has 0 saturated carbocycles. The highest BCUT2D eigenvalue weighted by molar-refractivity contribution is 7.89. The zero-order valence-electron chi connectivity index (χ0n) is 16.6. The predicted octanol–water partition coefficient (Wildman–Crippen LogP) is 4.03. The molecule has 9 heteroatoms. The van der Waals surface area contributed by atoms with Crippen molar-refractivity contribution in [2.75, 3.05) is 18.4 Å². The summed E-state index contributed by atoms with van der Waals surface area (Å²) in [6.45, 7) is 1.15. The van der Waals surface area contributed by atoms with E-state index >= 15 is 0 Å². The maximum atomic E-state index is 13.0. The summed E-state index contributed by atoms with van der Waals surface area (Å²) in [4.78, 5) is 12.5. The van der Waals surface area contributed by atoms with Crippen LogP contribution in [0.1, 0.15) is 29.0 Å². The van der Waals surface area contributed by atoms with Gasteiger partial charge in [0.25, 0.3) is 15.9 Å². The first kappa shape index (κ1) is 21.1. The number of hydrogen-bond donors (Lipinski definition) is 1. The molecule has 1 N–H and O–H groups in total. The maximum absolute atomic E-state index is 13.0. The number of carbonyl (C=O) groups is 1. The second-order valence-electron chi connectivity index (χ2n) is 7.13. The zero-order chi connectivity index (χ0) is 21.8. The van der Waals surface area contributed by atoms with E-state index in [0.717, 1.165) is 18.4 Å². The number of ether oxygens (including phenoxy) is 1. The van der Waals surface area contributed by atoms with Gasteiger partial charge in [0.2, 0.25) is 5.09 Å². The molecule has 0 aliphatic carbocycles. The molecule has 0 unspecified atom stereocenters. The molecule has 7 nitrogen and oxygen atoms in total. The Morgan fingerprint density at radius 2 is 1.81 bits per heavy atom. The van der Waals surface area contributed by atoms with Crippen LogP contribution >= 0.6 is 0 Å². The second-order valence-corrected chi connectivity index (χ2v) is 9.00. The molecule has 0 bridgehead atoms. The number of anilines is 1. The van der Waals surface area contributed by atoms with E-state index in [9.17, 15) is 17.6 Å². The molecule has 2 heterocycles. The molecule has 1 aliphatic rings. The molecule has 2 aromatic carbocycles. The quantitative estimate of drug-likeness (QED) is 0.594. The molecule has 162 valence electrons. The summed E-state index contributed by atoms with van der Waals surface area (Å²) in [5.41, 5.74) is 1.26. The zero-order valence-corrected chi connectivity index (χ0v) is 17.4. The van der Waals surface area contributed by atoms with E-state index in [-0.39, 0.29) is 23.3 Å².